The second-order valence-electron chi connectivity index (χ2n) is 13.9. The van der Waals surface area contributed by atoms with E-state index >= 15 is 0 Å². The van der Waals surface area contributed by atoms with Gasteiger partial charge in [-0.1, -0.05) is 61.5 Å². The fourth-order valence-electron chi connectivity index (χ4n) is 6.82. The summed E-state index contributed by atoms with van der Waals surface area (Å²) in [7, 11) is 0. The van der Waals surface area contributed by atoms with Crippen molar-refractivity contribution in [1.29, 1.82) is 0 Å². The SMILES string of the molecule is CC(CC=Cc1ccccc1)C(CNC(O)C1(O)C(Oc2ccc3c(=O)c(-c4ccc(O)cc4)c(C(N)=O)oc3c2)OC(C(=O)O)C(O)C1O)Cc1cc[nH]c1. The lowest BCUT2D eigenvalue weighted by molar-refractivity contribution is -0.338. The van der Waals surface area contributed by atoms with Gasteiger partial charge in [0.15, 0.2) is 11.7 Å². The highest BCUT2D eigenvalue weighted by atomic mass is 16.7. The number of carboxylic acid groups (broad SMARTS) is 1. The number of aliphatic hydroxyl groups is 4. The van der Waals surface area contributed by atoms with Gasteiger partial charge in [0.25, 0.3) is 5.91 Å². The number of carboxylic acids is 1. The molecule has 8 unspecified atom stereocenters. The van der Waals surface area contributed by atoms with E-state index in [1.54, 1.807) is 6.20 Å². The van der Waals surface area contributed by atoms with E-state index in [-0.39, 0.29) is 52.0 Å². The van der Waals surface area contributed by atoms with Gasteiger partial charge >= 0.3 is 5.97 Å². The number of aromatic nitrogens is 1. The number of benzene rings is 3. The van der Waals surface area contributed by atoms with Gasteiger partial charge in [0.05, 0.1) is 10.9 Å². The molecule has 0 radical (unpaired) electrons. The lowest BCUT2D eigenvalue weighted by Crippen LogP contribution is -2.75. The summed E-state index contributed by atoms with van der Waals surface area (Å²) in [5, 5.41) is 67.9. The van der Waals surface area contributed by atoms with E-state index in [1.807, 2.05) is 61.7 Å². The zero-order chi connectivity index (χ0) is 40.1. The van der Waals surface area contributed by atoms with Crippen molar-refractivity contribution in [3.05, 3.63) is 124 Å². The number of aromatic hydroxyl groups is 1. The summed E-state index contributed by atoms with van der Waals surface area (Å²) in [4.78, 5) is 41.2. The molecule has 0 spiro atoms. The summed E-state index contributed by atoms with van der Waals surface area (Å²) in [5.41, 5.74) is 3.97. The van der Waals surface area contributed by atoms with E-state index in [1.165, 1.54) is 36.4 Å². The van der Waals surface area contributed by atoms with Crippen molar-refractivity contribution in [1.82, 2.24) is 10.3 Å². The van der Waals surface area contributed by atoms with E-state index in [0.29, 0.717) is 12.8 Å². The van der Waals surface area contributed by atoms with Crippen molar-refractivity contribution in [2.45, 2.75) is 56.2 Å². The van der Waals surface area contributed by atoms with E-state index in [9.17, 15) is 45.0 Å². The molecule has 294 valence electrons. The maximum Gasteiger partial charge on any atom is 0.335 e. The third kappa shape index (κ3) is 8.38. The van der Waals surface area contributed by atoms with Gasteiger partial charge in [0.2, 0.25) is 17.5 Å². The average molecular weight is 770 g/mol. The standard InChI is InChI=1S/C41H43N3O12/c1-22(6-5-9-23-7-3-2-4-8-23)26(18-24-16-17-43-20-24)21-44-39(52)41(53)36(48)33(47)35(38(50)51)56-40(41)54-28-14-15-29-30(19-28)55-34(37(42)49)31(32(29)46)25-10-12-27(45)13-11-25/h2-5,7-17,19-20,22,26,33,35-36,39-40,43-45,47-48,52-53H,6,18,21H2,1H3,(H2,42,49)(H,50,51). The number of primary amides is 1. The number of aliphatic hydroxyl groups excluding tert-OH is 3. The van der Waals surface area contributed by atoms with Gasteiger partial charge in [0, 0.05) is 25.0 Å². The topological polar surface area (TPSA) is 258 Å². The number of ether oxygens (including phenoxy) is 2. The van der Waals surface area contributed by atoms with Crippen LogP contribution in [0.4, 0.5) is 0 Å². The van der Waals surface area contributed by atoms with Gasteiger partial charge in [-0.25, -0.2) is 4.79 Å². The summed E-state index contributed by atoms with van der Waals surface area (Å²) in [5.74, 6) is -3.65. The fraction of sp³-hybridized carbons (Fsp3) is 0.293. The molecule has 1 aliphatic heterocycles. The number of phenols is 1. The molecule has 5 aromatic rings. The van der Waals surface area contributed by atoms with Crippen molar-refractivity contribution in [2.24, 2.45) is 17.6 Å². The zero-order valence-corrected chi connectivity index (χ0v) is 30.2. The number of phenolic OH excluding ortho intramolecular Hbond substituents is 1. The summed E-state index contributed by atoms with van der Waals surface area (Å²) < 4.78 is 17.1. The van der Waals surface area contributed by atoms with Crippen LogP contribution in [0.25, 0.3) is 28.2 Å². The molecule has 0 bridgehead atoms. The fourth-order valence-corrected chi connectivity index (χ4v) is 6.82. The van der Waals surface area contributed by atoms with Gasteiger partial charge in [-0.05, 0) is 71.7 Å². The first-order valence-corrected chi connectivity index (χ1v) is 17.9. The van der Waals surface area contributed by atoms with Gasteiger partial charge in [-0.2, -0.15) is 0 Å². The minimum atomic E-state index is -2.88. The molecule has 1 saturated heterocycles. The molecule has 6 rings (SSSR count). The van der Waals surface area contributed by atoms with E-state index in [4.69, 9.17) is 19.6 Å². The molecule has 10 N–H and O–H groups in total. The number of allylic oxidation sites excluding steroid dienone is 1. The number of aliphatic carboxylic acids is 1. The maximum atomic E-state index is 13.6. The summed E-state index contributed by atoms with van der Waals surface area (Å²) in [6, 6.07) is 20.8. The molecular formula is C41H43N3O12. The van der Waals surface area contributed by atoms with Crippen molar-refractivity contribution in [2.75, 3.05) is 6.54 Å². The molecule has 0 saturated carbocycles. The van der Waals surface area contributed by atoms with Crippen molar-refractivity contribution in [3.63, 3.8) is 0 Å². The third-order valence-corrected chi connectivity index (χ3v) is 10.1. The molecule has 3 aromatic carbocycles. The molecule has 2 aromatic heterocycles. The Morgan fingerprint density at radius 3 is 2.46 bits per heavy atom. The molecule has 15 heteroatoms. The molecule has 1 amide bonds. The highest BCUT2D eigenvalue weighted by Crippen LogP contribution is 2.36. The number of H-pyrrole nitrogens is 1. The largest absolute Gasteiger partial charge is 0.508 e. The molecule has 3 heterocycles. The Morgan fingerprint density at radius 1 is 1.07 bits per heavy atom. The first-order valence-electron chi connectivity index (χ1n) is 17.9. The predicted octanol–water partition coefficient (Wildman–Crippen LogP) is 2.74. The van der Waals surface area contributed by atoms with Crippen molar-refractivity contribution in [3.8, 4) is 22.6 Å². The lowest BCUT2D eigenvalue weighted by Gasteiger charge is -2.48. The number of fused-ring (bicyclic) bond motifs is 1. The monoisotopic (exact) mass is 769 g/mol. The minimum absolute atomic E-state index is 0.0213. The Bertz CT molecular complexity index is 2220. The lowest BCUT2D eigenvalue weighted by atomic mass is 9.83. The van der Waals surface area contributed by atoms with Crippen LogP contribution in [0, 0.1) is 11.8 Å². The third-order valence-electron chi connectivity index (χ3n) is 10.1. The number of nitrogens with two attached hydrogens (primary N) is 1. The number of amides is 1. The quantitative estimate of drug-likeness (QED) is 0.0695. The van der Waals surface area contributed by atoms with Gasteiger partial charge < -0.3 is 55.2 Å². The Morgan fingerprint density at radius 2 is 1.80 bits per heavy atom. The molecule has 56 heavy (non-hydrogen) atoms. The zero-order valence-electron chi connectivity index (χ0n) is 30.2. The molecule has 0 aliphatic carbocycles. The Hall–Kier alpha value is -5.81. The summed E-state index contributed by atoms with van der Waals surface area (Å²) >= 11 is 0. The van der Waals surface area contributed by atoms with Gasteiger partial charge in [0.1, 0.15) is 35.5 Å². The molecule has 1 fully saturated rings. The van der Waals surface area contributed by atoms with Gasteiger partial charge in [-0.15, -0.1) is 0 Å². The van der Waals surface area contributed by atoms with Crippen LogP contribution in [0.2, 0.25) is 0 Å². The Kier molecular flexibility index (Phi) is 12.0. The van der Waals surface area contributed by atoms with Crippen LogP contribution >= 0.6 is 0 Å². The van der Waals surface area contributed by atoms with Gasteiger partial charge in [-0.3, -0.25) is 14.9 Å². The summed E-state index contributed by atoms with van der Waals surface area (Å²) in [6.45, 7) is 2.13. The Labute approximate surface area is 320 Å². The van der Waals surface area contributed by atoms with Crippen molar-refractivity contribution >= 4 is 28.9 Å². The number of aromatic amines is 1. The highest BCUT2D eigenvalue weighted by Gasteiger charge is 2.62. The van der Waals surface area contributed by atoms with Crippen LogP contribution < -0.4 is 21.2 Å². The van der Waals surface area contributed by atoms with Crippen LogP contribution in [-0.2, 0) is 16.0 Å². The highest BCUT2D eigenvalue weighted by molar-refractivity contribution is 5.99. The first kappa shape index (κ1) is 39.9. The van der Waals surface area contributed by atoms with E-state index in [0.717, 1.165) is 17.2 Å². The number of carbonyl (C=O) groups is 2. The predicted molar refractivity (Wildman–Crippen MR) is 203 cm³/mol. The van der Waals surface area contributed by atoms with Crippen LogP contribution in [0.1, 0.15) is 35.0 Å². The Balaban J connectivity index is 1.28. The number of rotatable bonds is 15. The number of carbonyl (C=O) groups excluding carboxylic acids is 1. The average Bonchev–Trinajstić information content (AvgIpc) is 3.70. The van der Waals surface area contributed by atoms with Crippen molar-refractivity contribution < 1.29 is 54.1 Å². The normalized spacial score (nSPS) is 22.8. The second-order valence-corrected chi connectivity index (χ2v) is 13.9. The maximum absolute atomic E-state index is 13.6. The molecule has 1 aliphatic rings. The van der Waals surface area contributed by atoms with E-state index < -0.39 is 59.5 Å². The van der Waals surface area contributed by atoms with Crippen LogP contribution in [0.5, 0.6) is 11.5 Å². The summed E-state index contributed by atoms with van der Waals surface area (Å²) in [6.07, 6.45) is -1.87. The minimum Gasteiger partial charge on any atom is -0.508 e. The number of nitrogens with one attached hydrogen (secondary N) is 2. The van der Waals surface area contributed by atoms with Crippen LogP contribution in [0.3, 0.4) is 0 Å². The van der Waals surface area contributed by atoms with E-state index in [2.05, 4.69) is 10.3 Å². The molecular weight excluding hydrogens is 726 g/mol. The molecule has 8 atom stereocenters. The smallest absolute Gasteiger partial charge is 0.335 e. The van der Waals surface area contributed by atoms with Crippen LogP contribution in [0.15, 0.2) is 107 Å². The molecule has 15 nitrogen and oxygen atoms in total. The second kappa shape index (κ2) is 16.9. The first-order chi connectivity index (χ1) is 26.8. The number of hydrogen-bond acceptors (Lipinski definition) is 12. The van der Waals surface area contributed by atoms with Crippen LogP contribution in [-0.4, -0.2) is 90.5 Å². The number of hydrogen-bond donors (Lipinski definition) is 9.